The quantitative estimate of drug-likeness (QED) is 0.360. The number of hydrogen-bond donors (Lipinski definition) is 0. The molecule has 1 aromatic carbocycles. The van der Waals surface area contributed by atoms with E-state index in [1.165, 1.54) is 0 Å². The first kappa shape index (κ1) is 20.2. The SMILES string of the molecule is C=N/C(C)=N\C=C(/C)c1ccc2c(c1)N(c1cc(Cl)nc(Cl)c1)C(=O)C2(C)C. The van der Waals surface area contributed by atoms with Gasteiger partial charge in [0.15, 0.2) is 0 Å². The third kappa shape index (κ3) is 3.60. The van der Waals surface area contributed by atoms with Crippen molar-refractivity contribution in [1.82, 2.24) is 4.98 Å². The number of carbonyl (C=O) groups is 1. The molecular formula is C21H20Cl2N4O. The number of carbonyl (C=O) groups excluding carboxylic acids is 1. The maximum Gasteiger partial charge on any atom is 0.241 e. The Morgan fingerprint density at radius 3 is 2.43 bits per heavy atom. The van der Waals surface area contributed by atoms with Crippen molar-refractivity contribution in [2.75, 3.05) is 4.90 Å². The van der Waals surface area contributed by atoms with Gasteiger partial charge in [-0.15, -0.1) is 0 Å². The molecule has 2 heterocycles. The molecule has 0 fully saturated rings. The average Bonchev–Trinajstić information content (AvgIpc) is 2.84. The molecule has 7 heteroatoms. The Hall–Kier alpha value is -2.50. The molecule has 0 saturated heterocycles. The van der Waals surface area contributed by atoms with Gasteiger partial charge in [0, 0.05) is 6.20 Å². The number of rotatable bonds is 3. The predicted molar refractivity (Wildman–Crippen MR) is 117 cm³/mol. The second-order valence-electron chi connectivity index (χ2n) is 7.11. The lowest BCUT2D eigenvalue weighted by Crippen LogP contribution is -2.33. The fourth-order valence-corrected chi connectivity index (χ4v) is 3.59. The van der Waals surface area contributed by atoms with Crippen molar-refractivity contribution in [3.8, 4) is 0 Å². The number of allylic oxidation sites excluding steroid dienone is 1. The van der Waals surface area contributed by atoms with Crippen molar-refractivity contribution in [2.45, 2.75) is 33.1 Å². The molecule has 3 rings (SSSR count). The molecule has 0 radical (unpaired) electrons. The maximum absolute atomic E-state index is 13.2. The van der Waals surface area contributed by atoms with Crippen molar-refractivity contribution < 1.29 is 4.79 Å². The van der Waals surface area contributed by atoms with Crippen molar-refractivity contribution in [1.29, 1.82) is 0 Å². The van der Waals surface area contributed by atoms with Crippen LogP contribution in [0.3, 0.4) is 0 Å². The summed E-state index contributed by atoms with van der Waals surface area (Å²) in [4.78, 5) is 26.9. The summed E-state index contributed by atoms with van der Waals surface area (Å²) in [5.74, 6) is 0.531. The number of amidine groups is 1. The highest BCUT2D eigenvalue weighted by molar-refractivity contribution is 6.33. The lowest BCUT2D eigenvalue weighted by atomic mass is 9.85. The van der Waals surface area contributed by atoms with Crippen LogP contribution in [0.25, 0.3) is 5.57 Å². The molecule has 0 spiro atoms. The van der Waals surface area contributed by atoms with Crippen LogP contribution in [-0.2, 0) is 10.2 Å². The van der Waals surface area contributed by atoms with Crippen LogP contribution in [0, 0.1) is 0 Å². The highest BCUT2D eigenvalue weighted by atomic mass is 35.5. The van der Waals surface area contributed by atoms with E-state index >= 15 is 0 Å². The Morgan fingerprint density at radius 1 is 1.18 bits per heavy atom. The minimum absolute atomic E-state index is 0.0515. The van der Waals surface area contributed by atoms with E-state index in [1.54, 1.807) is 30.2 Å². The summed E-state index contributed by atoms with van der Waals surface area (Å²) in [6.07, 6.45) is 1.73. The number of halogens is 2. The van der Waals surface area contributed by atoms with Gasteiger partial charge in [0.25, 0.3) is 0 Å². The van der Waals surface area contributed by atoms with Crippen molar-refractivity contribution >= 4 is 58.6 Å². The Bertz CT molecular complexity index is 1020. The molecule has 1 aliphatic heterocycles. The van der Waals surface area contributed by atoms with Crippen LogP contribution in [0.1, 0.15) is 38.8 Å². The van der Waals surface area contributed by atoms with Crippen LogP contribution in [-0.4, -0.2) is 23.4 Å². The summed E-state index contributed by atoms with van der Waals surface area (Å²) < 4.78 is 0. The van der Waals surface area contributed by atoms with E-state index in [9.17, 15) is 4.79 Å². The molecule has 0 saturated carbocycles. The second-order valence-corrected chi connectivity index (χ2v) is 7.89. The molecule has 1 amide bonds. The lowest BCUT2D eigenvalue weighted by molar-refractivity contribution is -0.121. The van der Waals surface area contributed by atoms with Gasteiger partial charge in [0.05, 0.1) is 16.8 Å². The van der Waals surface area contributed by atoms with Gasteiger partial charge in [-0.1, -0.05) is 35.3 Å². The maximum atomic E-state index is 13.2. The number of hydrogen-bond acceptors (Lipinski definition) is 3. The summed E-state index contributed by atoms with van der Waals surface area (Å²) >= 11 is 12.1. The van der Waals surface area contributed by atoms with Crippen molar-refractivity contribution in [3.05, 3.63) is 58.0 Å². The first-order chi connectivity index (χ1) is 13.1. The van der Waals surface area contributed by atoms with E-state index in [2.05, 4.69) is 21.7 Å². The zero-order valence-electron chi connectivity index (χ0n) is 16.1. The number of pyridine rings is 1. The van der Waals surface area contributed by atoms with Crippen molar-refractivity contribution in [3.63, 3.8) is 0 Å². The summed E-state index contributed by atoms with van der Waals surface area (Å²) in [6.45, 7) is 11.0. The van der Waals surface area contributed by atoms with Crippen LogP contribution in [0.2, 0.25) is 10.3 Å². The fourth-order valence-electron chi connectivity index (χ4n) is 3.14. The topological polar surface area (TPSA) is 57.9 Å². The number of benzene rings is 1. The fraction of sp³-hybridized carbons (Fsp3) is 0.238. The Balaban J connectivity index is 2.15. The molecule has 28 heavy (non-hydrogen) atoms. The van der Waals surface area contributed by atoms with Gasteiger partial charge in [-0.25, -0.2) is 15.0 Å². The first-order valence-corrected chi connectivity index (χ1v) is 9.41. The van der Waals surface area contributed by atoms with Crippen LogP contribution in [0.4, 0.5) is 11.4 Å². The molecule has 2 aromatic rings. The standard InChI is InChI=1S/C21H20Cl2N4O/c1-12(11-25-13(2)24-5)14-6-7-16-17(8-14)27(20(28)21(16,3)4)15-9-18(22)26-19(23)10-15/h6-11H,5H2,1-4H3/b12-11+,25-13-. The summed E-state index contributed by atoms with van der Waals surface area (Å²) in [5, 5.41) is 0.464. The first-order valence-electron chi connectivity index (χ1n) is 8.65. The lowest BCUT2D eigenvalue weighted by Gasteiger charge is -2.21. The molecule has 144 valence electrons. The monoisotopic (exact) mass is 414 g/mol. The summed E-state index contributed by atoms with van der Waals surface area (Å²) in [7, 11) is 0. The van der Waals surface area contributed by atoms with Gasteiger partial charge < -0.3 is 0 Å². The number of nitrogens with zero attached hydrogens (tertiary/aromatic N) is 4. The second kappa shape index (κ2) is 7.49. The van der Waals surface area contributed by atoms with Gasteiger partial charge in [-0.3, -0.25) is 9.69 Å². The largest absolute Gasteiger partial charge is 0.280 e. The van der Waals surface area contributed by atoms with E-state index in [4.69, 9.17) is 23.2 Å². The highest BCUT2D eigenvalue weighted by Crippen LogP contribution is 2.46. The minimum Gasteiger partial charge on any atom is -0.280 e. The van der Waals surface area contributed by atoms with E-state index < -0.39 is 5.41 Å². The molecule has 0 unspecified atom stereocenters. The highest BCUT2D eigenvalue weighted by Gasteiger charge is 2.44. The number of anilines is 2. The van der Waals surface area contributed by atoms with Crippen LogP contribution in [0.15, 0.2) is 46.5 Å². The Kier molecular flexibility index (Phi) is 5.41. The minimum atomic E-state index is -0.671. The van der Waals surface area contributed by atoms with E-state index in [-0.39, 0.29) is 16.2 Å². The number of aromatic nitrogens is 1. The molecule has 5 nitrogen and oxygen atoms in total. The smallest absolute Gasteiger partial charge is 0.241 e. The Morgan fingerprint density at radius 2 is 1.82 bits per heavy atom. The molecule has 1 aromatic heterocycles. The number of fused-ring (bicyclic) bond motifs is 1. The number of amides is 1. The van der Waals surface area contributed by atoms with Crippen LogP contribution < -0.4 is 4.90 Å². The molecule has 0 bridgehead atoms. The zero-order chi connectivity index (χ0) is 20.6. The summed E-state index contributed by atoms with van der Waals surface area (Å²) in [5.41, 5.74) is 3.53. The number of aliphatic imine (C=N–C) groups is 2. The van der Waals surface area contributed by atoms with Gasteiger partial charge >= 0.3 is 0 Å². The van der Waals surface area contributed by atoms with Crippen molar-refractivity contribution in [2.24, 2.45) is 9.98 Å². The third-order valence-corrected chi connectivity index (χ3v) is 5.17. The summed E-state index contributed by atoms with van der Waals surface area (Å²) in [6, 6.07) is 9.21. The molecule has 0 N–H and O–H groups in total. The molecule has 0 aliphatic carbocycles. The van der Waals surface area contributed by atoms with Gasteiger partial charge in [0.2, 0.25) is 5.91 Å². The van der Waals surface area contributed by atoms with Gasteiger partial charge in [-0.2, -0.15) is 0 Å². The van der Waals surface area contributed by atoms with E-state index in [1.807, 2.05) is 39.0 Å². The third-order valence-electron chi connectivity index (χ3n) is 4.78. The van der Waals surface area contributed by atoms with Crippen LogP contribution in [0.5, 0.6) is 0 Å². The molecular weight excluding hydrogens is 395 g/mol. The van der Waals surface area contributed by atoms with Gasteiger partial charge in [-0.05, 0) is 69.3 Å². The predicted octanol–water partition coefficient (Wildman–Crippen LogP) is 5.82. The molecule has 0 atom stereocenters. The van der Waals surface area contributed by atoms with Gasteiger partial charge in [0.1, 0.15) is 16.1 Å². The van der Waals surface area contributed by atoms with E-state index in [0.717, 1.165) is 22.4 Å². The van der Waals surface area contributed by atoms with Crippen LogP contribution >= 0.6 is 23.2 Å². The zero-order valence-corrected chi connectivity index (χ0v) is 17.6. The average molecular weight is 415 g/mol. The van der Waals surface area contributed by atoms with E-state index in [0.29, 0.717) is 11.5 Å². The Labute approximate surface area is 174 Å². The normalized spacial score (nSPS) is 16.4. The molecule has 1 aliphatic rings.